The smallest absolute Gasteiger partial charge is 0.271 e. The van der Waals surface area contributed by atoms with E-state index in [1.165, 1.54) is 18.2 Å². The molecule has 1 aliphatic rings. The van der Waals surface area contributed by atoms with Gasteiger partial charge in [0, 0.05) is 17.2 Å². The van der Waals surface area contributed by atoms with Crippen molar-refractivity contribution >= 4 is 23.2 Å². The Morgan fingerprint density at radius 2 is 1.80 bits per heavy atom. The molecule has 3 rings (SSSR count). The molecule has 0 heterocycles. The van der Waals surface area contributed by atoms with Gasteiger partial charge in [-0.05, 0) is 55.7 Å². The molecule has 0 radical (unpaired) electrons. The Kier molecular flexibility index (Phi) is 4.88. The van der Waals surface area contributed by atoms with Gasteiger partial charge in [-0.3, -0.25) is 9.59 Å². The quantitative estimate of drug-likeness (QED) is 0.648. The van der Waals surface area contributed by atoms with Gasteiger partial charge in [0.1, 0.15) is 5.82 Å². The molecule has 0 bridgehead atoms. The lowest BCUT2D eigenvalue weighted by Crippen LogP contribution is -2.19. The number of halogens is 1. The summed E-state index contributed by atoms with van der Waals surface area (Å²) in [6.45, 7) is 1.75. The average molecular weight is 339 g/mol. The molecule has 0 unspecified atom stereocenters. The van der Waals surface area contributed by atoms with E-state index < -0.39 is 11.7 Å². The number of amides is 2. The summed E-state index contributed by atoms with van der Waals surface area (Å²) in [5, 5.41) is 6.90. The molecule has 2 aromatic carbocycles. The Morgan fingerprint density at radius 1 is 1.08 bits per heavy atom. The van der Waals surface area contributed by atoms with E-state index in [9.17, 15) is 14.0 Å². The fourth-order valence-corrected chi connectivity index (χ4v) is 2.28. The van der Waals surface area contributed by atoms with Crippen molar-refractivity contribution in [3.05, 3.63) is 65.5 Å². The second-order valence-corrected chi connectivity index (χ2v) is 5.99. The third-order valence-electron chi connectivity index (χ3n) is 3.93. The molecular formula is C19H18FN3O2. The van der Waals surface area contributed by atoms with Gasteiger partial charge in [-0.15, -0.1) is 0 Å². The molecule has 0 atom stereocenters. The number of nitrogens with one attached hydrogen (secondary N) is 2. The number of hydrazone groups is 1. The Balaban J connectivity index is 1.61. The van der Waals surface area contributed by atoms with E-state index in [1.54, 1.807) is 19.1 Å². The summed E-state index contributed by atoms with van der Waals surface area (Å²) in [6.07, 6.45) is 1.92. The SMILES string of the molecule is C/C(=N\NC(=O)c1cccc(F)c1)c1ccc(NC(=O)C2CC2)cc1. The zero-order chi connectivity index (χ0) is 17.8. The highest BCUT2D eigenvalue weighted by atomic mass is 19.1. The summed E-state index contributed by atoms with van der Waals surface area (Å²) in [5.41, 5.74) is 4.75. The normalized spacial score (nSPS) is 14.1. The molecule has 0 aliphatic heterocycles. The molecule has 1 aliphatic carbocycles. The Morgan fingerprint density at radius 3 is 2.44 bits per heavy atom. The highest BCUT2D eigenvalue weighted by Crippen LogP contribution is 2.30. The molecule has 1 fully saturated rings. The van der Waals surface area contributed by atoms with Gasteiger partial charge in [-0.1, -0.05) is 18.2 Å². The molecular weight excluding hydrogens is 321 g/mol. The van der Waals surface area contributed by atoms with Crippen molar-refractivity contribution < 1.29 is 14.0 Å². The van der Waals surface area contributed by atoms with Crippen LogP contribution in [0.15, 0.2) is 53.6 Å². The van der Waals surface area contributed by atoms with Crippen molar-refractivity contribution in [1.82, 2.24) is 5.43 Å². The summed E-state index contributed by atoms with van der Waals surface area (Å²) in [6, 6.07) is 12.6. The lowest BCUT2D eigenvalue weighted by Gasteiger charge is -2.06. The van der Waals surface area contributed by atoms with Crippen LogP contribution in [0.25, 0.3) is 0 Å². The van der Waals surface area contributed by atoms with Gasteiger partial charge in [0.05, 0.1) is 5.71 Å². The van der Waals surface area contributed by atoms with Crippen molar-refractivity contribution in [3.8, 4) is 0 Å². The fraction of sp³-hybridized carbons (Fsp3) is 0.211. The van der Waals surface area contributed by atoms with Crippen LogP contribution in [0.5, 0.6) is 0 Å². The number of carbonyl (C=O) groups excluding carboxylic acids is 2. The highest BCUT2D eigenvalue weighted by molar-refractivity contribution is 6.01. The molecule has 2 N–H and O–H groups in total. The molecule has 0 aromatic heterocycles. The summed E-state index contributed by atoms with van der Waals surface area (Å²) in [4.78, 5) is 23.7. The van der Waals surface area contributed by atoms with Crippen LogP contribution in [0, 0.1) is 11.7 Å². The largest absolute Gasteiger partial charge is 0.326 e. The summed E-state index contributed by atoms with van der Waals surface area (Å²) in [7, 11) is 0. The van der Waals surface area contributed by atoms with E-state index in [1.807, 2.05) is 12.1 Å². The maximum atomic E-state index is 13.1. The number of nitrogens with zero attached hydrogens (tertiary/aromatic N) is 1. The average Bonchev–Trinajstić information content (AvgIpc) is 3.45. The monoisotopic (exact) mass is 339 g/mol. The van der Waals surface area contributed by atoms with Crippen LogP contribution in [0.2, 0.25) is 0 Å². The number of hydrogen-bond acceptors (Lipinski definition) is 3. The molecule has 1 saturated carbocycles. The standard InChI is InChI=1S/C19H18FN3O2/c1-12(22-23-19(25)15-3-2-4-16(20)11-15)13-7-9-17(10-8-13)21-18(24)14-5-6-14/h2-4,7-11,14H,5-6H2,1H3,(H,21,24)(H,23,25)/b22-12+. The van der Waals surface area contributed by atoms with Crippen molar-refractivity contribution in [2.45, 2.75) is 19.8 Å². The van der Waals surface area contributed by atoms with Gasteiger partial charge in [-0.2, -0.15) is 5.10 Å². The van der Waals surface area contributed by atoms with Crippen LogP contribution in [0.3, 0.4) is 0 Å². The van der Waals surface area contributed by atoms with Crippen LogP contribution < -0.4 is 10.7 Å². The van der Waals surface area contributed by atoms with E-state index >= 15 is 0 Å². The molecule has 25 heavy (non-hydrogen) atoms. The van der Waals surface area contributed by atoms with Crippen molar-refractivity contribution in [2.24, 2.45) is 11.0 Å². The second kappa shape index (κ2) is 7.25. The molecule has 0 spiro atoms. The van der Waals surface area contributed by atoms with Crippen LogP contribution >= 0.6 is 0 Å². The van der Waals surface area contributed by atoms with Gasteiger partial charge < -0.3 is 5.32 Å². The lowest BCUT2D eigenvalue weighted by atomic mass is 10.1. The minimum Gasteiger partial charge on any atom is -0.326 e. The van der Waals surface area contributed by atoms with Crippen LogP contribution in [-0.4, -0.2) is 17.5 Å². The number of hydrogen-bond donors (Lipinski definition) is 2. The van der Waals surface area contributed by atoms with Crippen LogP contribution in [0.4, 0.5) is 10.1 Å². The van der Waals surface area contributed by atoms with Gasteiger partial charge in [0.15, 0.2) is 0 Å². The Labute approximate surface area is 144 Å². The van der Waals surface area contributed by atoms with E-state index in [-0.39, 0.29) is 17.4 Å². The minimum absolute atomic E-state index is 0.0560. The summed E-state index contributed by atoms with van der Waals surface area (Å²) >= 11 is 0. The van der Waals surface area contributed by atoms with E-state index in [4.69, 9.17) is 0 Å². The number of anilines is 1. The van der Waals surface area contributed by atoms with Crippen molar-refractivity contribution in [2.75, 3.05) is 5.32 Å². The zero-order valence-electron chi connectivity index (χ0n) is 13.8. The van der Waals surface area contributed by atoms with Crippen molar-refractivity contribution in [3.63, 3.8) is 0 Å². The Hall–Kier alpha value is -3.02. The van der Waals surface area contributed by atoms with Gasteiger partial charge in [0.2, 0.25) is 5.91 Å². The first kappa shape index (κ1) is 16.8. The van der Waals surface area contributed by atoms with Gasteiger partial charge in [-0.25, -0.2) is 9.82 Å². The first-order chi connectivity index (χ1) is 12.0. The molecule has 6 heteroatoms. The van der Waals surface area contributed by atoms with E-state index in [0.29, 0.717) is 5.71 Å². The van der Waals surface area contributed by atoms with E-state index in [0.717, 1.165) is 30.2 Å². The number of benzene rings is 2. The number of rotatable bonds is 5. The molecule has 128 valence electrons. The van der Waals surface area contributed by atoms with Crippen LogP contribution in [-0.2, 0) is 4.79 Å². The van der Waals surface area contributed by atoms with Gasteiger partial charge in [0.25, 0.3) is 5.91 Å². The third kappa shape index (κ3) is 4.50. The number of carbonyl (C=O) groups is 2. The molecule has 2 aromatic rings. The summed E-state index contributed by atoms with van der Waals surface area (Å²) < 4.78 is 13.1. The highest BCUT2D eigenvalue weighted by Gasteiger charge is 2.29. The maximum Gasteiger partial charge on any atom is 0.271 e. The first-order valence-corrected chi connectivity index (χ1v) is 8.04. The topological polar surface area (TPSA) is 70.6 Å². The maximum absolute atomic E-state index is 13.1. The minimum atomic E-state index is -0.479. The van der Waals surface area contributed by atoms with Gasteiger partial charge >= 0.3 is 0 Å². The summed E-state index contributed by atoms with van der Waals surface area (Å²) in [5.74, 6) is -0.745. The predicted octanol–water partition coefficient (Wildman–Crippen LogP) is 3.33. The fourth-order valence-electron chi connectivity index (χ4n) is 2.28. The van der Waals surface area contributed by atoms with E-state index in [2.05, 4.69) is 15.8 Å². The molecule has 5 nitrogen and oxygen atoms in total. The predicted molar refractivity (Wildman–Crippen MR) is 93.9 cm³/mol. The van der Waals surface area contributed by atoms with Crippen molar-refractivity contribution in [1.29, 1.82) is 0 Å². The first-order valence-electron chi connectivity index (χ1n) is 8.04. The second-order valence-electron chi connectivity index (χ2n) is 5.99. The molecule has 2 amide bonds. The molecule has 0 saturated heterocycles. The third-order valence-corrected chi connectivity index (χ3v) is 3.93. The zero-order valence-corrected chi connectivity index (χ0v) is 13.8. The van der Waals surface area contributed by atoms with Crippen LogP contribution in [0.1, 0.15) is 35.7 Å². The lowest BCUT2D eigenvalue weighted by molar-refractivity contribution is -0.117. The Bertz CT molecular complexity index is 827.